The van der Waals surface area contributed by atoms with Gasteiger partial charge in [-0.05, 0) is 35.1 Å². The van der Waals surface area contributed by atoms with Crippen molar-refractivity contribution >= 4 is 16.9 Å². The molecular formula is C22H20N4. The molecule has 2 N–H and O–H groups in total. The first-order valence-electron chi connectivity index (χ1n) is 8.96. The van der Waals surface area contributed by atoms with Gasteiger partial charge in [0.1, 0.15) is 0 Å². The first-order chi connectivity index (χ1) is 12.7. The van der Waals surface area contributed by atoms with Gasteiger partial charge in [-0.1, -0.05) is 60.7 Å². The predicted molar refractivity (Wildman–Crippen MR) is 105 cm³/mol. The van der Waals surface area contributed by atoms with Gasteiger partial charge in [-0.2, -0.15) is 5.10 Å². The van der Waals surface area contributed by atoms with E-state index in [0.717, 1.165) is 34.3 Å². The van der Waals surface area contributed by atoms with Crippen molar-refractivity contribution in [2.45, 2.75) is 18.3 Å². The van der Waals surface area contributed by atoms with Crippen LogP contribution in [0.15, 0.2) is 66.7 Å². The van der Waals surface area contributed by atoms with E-state index in [4.69, 9.17) is 10.7 Å². The molecule has 0 amide bonds. The number of benzene rings is 2. The summed E-state index contributed by atoms with van der Waals surface area (Å²) in [6.07, 6.45) is 1.14. The number of aryl methyl sites for hydroxylation is 1. The lowest BCUT2D eigenvalue weighted by molar-refractivity contribution is 0.786. The van der Waals surface area contributed by atoms with Crippen LogP contribution in [-0.2, 0) is 7.05 Å². The Morgan fingerprint density at radius 1 is 0.962 bits per heavy atom. The molecule has 0 aliphatic heterocycles. The van der Waals surface area contributed by atoms with Gasteiger partial charge in [0.15, 0.2) is 11.5 Å². The van der Waals surface area contributed by atoms with E-state index in [0.29, 0.717) is 17.7 Å². The van der Waals surface area contributed by atoms with Crippen LogP contribution in [0.1, 0.15) is 29.5 Å². The van der Waals surface area contributed by atoms with Gasteiger partial charge in [0.2, 0.25) is 0 Å². The van der Waals surface area contributed by atoms with Crippen molar-refractivity contribution in [2.24, 2.45) is 7.05 Å². The molecule has 4 heteroatoms. The Morgan fingerprint density at radius 2 is 1.65 bits per heavy atom. The van der Waals surface area contributed by atoms with Crippen LogP contribution >= 0.6 is 0 Å². The lowest BCUT2D eigenvalue weighted by Gasteiger charge is -2.08. The van der Waals surface area contributed by atoms with Gasteiger partial charge in [0.05, 0.1) is 5.39 Å². The van der Waals surface area contributed by atoms with Crippen LogP contribution in [0.3, 0.4) is 0 Å². The van der Waals surface area contributed by atoms with Crippen LogP contribution in [0.2, 0.25) is 0 Å². The number of pyridine rings is 1. The van der Waals surface area contributed by atoms with E-state index in [2.05, 4.69) is 65.8 Å². The van der Waals surface area contributed by atoms with Gasteiger partial charge < -0.3 is 5.73 Å². The predicted octanol–water partition coefficient (Wildman–Crippen LogP) is 4.49. The third-order valence-electron chi connectivity index (χ3n) is 5.32. The zero-order valence-electron chi connectivity index (χ0n) is 14.6. The van der Waals surface area contributed by atoms with E-state index in [1.807, 2.05) is 13.1 Å². The number of hydrogen-bond acceptors (Lipinski definition) is 3. The van der Waals surface area contributed by atoms with Crippen molar-refractivity contribution in [1.82, 2.24) is 14.8 Å². The Morgan fingerprint density at radius 3 is 2.38 bits per heavy atom. The van der Waals surface area contributed by atoms with Crippen LogP contribution in [0.5, 0.6) is 0 Å². The van der Waals surface area contributed by atoms with Gasteiger partial charge in [-0.15, -0.1) is 0 Å². The average molecular weight is 340 g/mol. The molecule has 2 unspecified atom stereocenters. The first kappa shape index (κ1) is 15.1. The minimum atomic E-state index is 0.459. The number of anilines is 1. The summed E-state index contributed by atoms with van der Waals surface area (Å²) in [5, 5.41) is 5.35. The third kappa shape index (κ3) is 2.37. The largest absolute Gasteiger partial charge is 0.382 e. The SMILES string of the molecule is Cn1nc(N)c2c(-c3ccccc3)cc(C3CC3c3ccccc3)nc21. The minimum Gasteiger partial charge on any atom is -0.382 e. The molecule has 1 aliphatic rings. The Kier molecular flexibility index (Phi) is 3.32. The number of nitrogens with zero attached hydrogens (tertiary/aromatic N) is 3. The fraction of sp³-hybridized carbons (Fsp3) is 0.182. The Bertz CT molecular complexity index is 1080. The molecular weight excluding hydrogens is 320 g/mol. The maximum atomic E-state index is 6.20. The number of fused-ring (bicyclic) bond motifs is 1. The van der Waals surface area contributed by atoms with Crippen molar-refractivity contribution < 1.29 is 0 Å². The van der Waals surface area contributed by atoms with E-state index in [1.54, 1.807) is 4.68 Å². The summed E-state index contributed by atoms with van der Waals surface area (Å²) in [5.74, 6) is 1.55. The summed E-state index contributed by atoms with van der Waals surface area (Å²) in [6, 6.07) is 23.3. The molecule has 5 rings (SSSR count). The first-order valence-corrected chi connectivity index (χ1v) is 8.96. The number of aromatic nitrogens is 3. The molecule has 0 bridgehead atoms. The van der Waals surface area contributed by atoms with Crippen LogP contribution in [-0.4, -0.2) is 14.8 Å². The summed E-state index contributed by atoms with van der Waals surface area (Å²) >= 11 is 0. The van der Waals surface area contributed by atoms with Crippen LogP contribution in [0.4, 0.5) is 5.82 Å². The zero-order valence-corrected chi connectivity index (χ0v) is 14.6. The van der Waals surface area contributed by atoms with Gasteiger partial charge in [0, 0.05) is 18.7 Å². The van der Waals surface area contributed by atoms with Crippen molar-refractivity contribution in [3.63, 3.8) is 0 Å². The zero-order chi connectivity index (χ0) is 17.7. The molecule has 128 valence electrons. The maximum absolute atomic E-state index is 6.20. The molecule has 2 heterocycles. The van der Waals surface area contributed by atoms with E-state index in [-0.39, 0.29) is 0 Å². The maximum Gasteiger partial charge on any atom is 0.160 e. The van der Waals surface area contributed by atoms with Crippen molar-refractivity contribution in [3.8, 4) is 11.1 Å². The standard InChI is InChI=1S/C22H20N4/c1-26-22-20(21(23)25-26)17(15-10-6-3-7-11-15)13-19(24-22)18-12-16(18)14-8-4-2-5-9-14/h2-11,13,16,18H,12H2,1H3,(H2,23,25). The van der Waals surface area contributed by atoms with Crippen LogP contribution < -0.4 is 5.73 Å². The minimum absolute atomic E-state index is 0.459. The fourth-order valence-electron chi connectivity index (χ4n) is 3.92. The van der Waals surface area contributed by atoms with Crippen molar-refractivity contribution in [1.29, 1.82) is 0 Å². The molecule has 0 saturated heterocycles. The summed E-state index contributed by atoms with van der Waals surface area (Å²) < 4.78 is 1.79. The molecule has 26 heavy (non-hydrogen) atoms. The highest BCUT2D eigenvalue weighted by atomic mass is 15.3. The highest BCUT2D eigenvalue weighted by Crippen LogP contribution is 2.54. The number of nitrogen functional groups attached to an aromatic ring is 1. The smallest absolute Gasteiger partial charge is 0.160 e. The molecule has 4 aromatic rings. The number of rotatable bonds is 3. The normalized spacial score (nSPS) is 19.0. The van der Waals surface area contributed by atoms with E-state index >= 15 is 0 Å². The second kappa shape index (κ2) is 5.70. The molecule has 1 aliphatic carbocycles. The summed E-state index contributed by atoms with van der Waals surface area (Å²) in [4.78, 5) is 4.94. The quantitative estimate of drug-likeness (QED) is 0.598. The molecule has 1 saturated carbocycles. The Balaban J connectivity index is 1.65. The molecule has 1 fully saturated rings. The van der Waals surface area contributed by atoms with Gasteiger partial charge in [0.25, 0.3) is 0 Å². The van der Waals surface area contributed by atoms with Crippen molar-refractivity contribution in [3.05, 3.63) is 78.0 Å². The van der Waals surface area contributed by atoms with E-state index < -0.39 is 0 Å². The highest BCUT2D eigenvalue weighted by Gasteiger charge is 2.41. The second-order valence-corrected chi connectivity index (χ2v) is 7.03. The molecule has 2 atom stereocenters. The monoisotopic (exact) mass is 340 g/mol. The second-order valence-electron chi connectivity index (χ2n) is 7.03. The molecule has 0 spiro atoms. The van der Waals surface area contributed by atoms with Gasteiger partial charge in [-0.3, -0.25) is 0 Å². The molecule has 2 aromatic carbocycles. The third-order valence-corrected chi connectivity index (χ3v) is 5.32. The summed E-state index contributed by atoms with van der Waals surface area (Å²) in [7, 11) is 1.91. The van der Waals surface area contributed by atoms with E-state index in [1.165, 1.54) is 5.56 Å². The molecule has 0 radical (unpaired) electrons. The van der Waals surface area contributed by atoms with E-state index in [9.17, 15) is 0 Å². The van der Waals surface area contributed by atoms with Crippen molar-refractivity contribution in [2.75, 3.05) is 5.73 Å². The Hall–Kier alpha value is -3.14. The van der Waals surface area contributed by atoms with Gasteiger partial charge >= 0.3 is 0 Å². The highest BCUT2D eigenvalue weighted by molar-refractivity contribution is 6.00. The summed E-state index contributed by atoms with van der Waals surface area (Å²) in [5.41, 5.74) is 11.9. The molecule has 2 aromatic heterocycles. The number of nitrogens with two attached hydrogens (primary N) is 1. The Labute approximate surface area is 152 Å². The lowest BCUT2D eigenvalue weighted by atomic mass is 10.00. The van der Waals surface area contributed by atoms with Crippen LogP contribution in [0.25, 0.3) is 22.2 Å². The summed E-state index contributed by atoms with van der Waals surface area (Å²) in [6.45, 7) is 0. The van der Waals surface area contributed by atoms with Gasteiger partial charge in [-0.25, -0.2) is 9.67 Å². The van der Waals surface area contributed by atoms with Crippen LogP contribution in [0, 0.1) is 0 Å². The topological polar surface area (TPSA) is 56.7 Å². The number of hydrogen-bond donors (Lipinski definition) is 1. The molecule has 4 nitrogen and oxygen atoms in total. The average Bonchev–Trinajstić information content (AvgIpc) is 3.44. The lowest BCUT2D eigenvalue weighted by Crippen LogP contribution is -1.97. The fourth-order valence-corrected chi connectivity index (χ4v) is 3.92.